The summed E-state index contributed by atoms with van der Waals surface area (Å²) in [5.41, 5.74) is 0.952. The Morgan fingerprint density at radius 3 is 3.00 bits per heavy atom. The number of aliphatic hydroxyl groups excluding tert-OH is 1. The molecule has 16 heavy (non-hydrogen) atoms. The van der Waals surface area contributed by atoms with Crippen LogP contribution in [0.2, 0.25) is 0 Å². The van der Waals surface area contributed by atoms with E-state index in [9.17, 15) is 4.39 Å². The van der Waals surface area contributed by atoms with Gasteiger partial charge in [0.15, 0.2) is 0 Å². The molecule has 0 unspecified atom stereocenters. The molecule has 0 radical (unpaired) electrons. The van der Waals surface area contributed by atoms with Gasteiger partial charge in [-0.15, -0.1) is 5.10 Å². The zero-order chi connectivity index (χ0) is 11.5. The number of aromatic nitrogens is 3. The minimum atomic E-state index is -0.372. The monoisotopic (exact) mass is 285 g/mol. The second-order valence-corrected chi connectivity index (χ2v) is 4.14. The number of benzene rings is 1. The average Bonchev–Trinajstić information content (AvgIpc) is 2.71. The Morgan fingerprint density at radius 1 is 1.44 bits per heavy atom. The molecule has 2 rings (SSSR count). The molecule has 2 aromatic rings. The number of nitrogens with zero attached hydrogens (tertiary/aromatic N) is 3. The van der Waals surface area contributed by atoms with E-state index >= 15 is 0 Å². The van der Waals surface area contributed by atoms with Crippen LogP contribution in [0.5, 0.6) is 0 Å². The van der Waals surface area contributed by atoms with Crippen LogP contribution >= 0.6 is 15.9 Å². The van der Waals surface area contributed by atoms with E-state index < -0.39 is 0 Å². The highest BCUT2D eigenvalue weighted by Gasteiger charge is 2.07. The first-order chi connectivity index (χ1) is 7.70. The third-order valence-electron chi connectivity index (χ3n) is 2.06. The Bertz CT molecular complexity index is 501. The first-order valence-corrected chi connectivity index (χ1v) is 5.47. The Labute approximate surface area is 99.8 Å². The highest BCUT2D eigenvalue weighted by molar-refractivity contribution is 9.10. The molecule has 0 bridgehead atoms. The second kappa shape index (κ2) is 4.71. The van der Waals surface area contributed by atoms with Crippen molar-refractivity contribution in [2.45, 2.75) is 6.42 Å². The SMILES string of the molecule is OCCc1cn(-c2cc(Br)ccc2F)nn1. The molecule has 0 spiro atoms. The molecular weight excluding hydrogens is 277 g/mol. The Morgan fingerprint density at radius 2 is 2.25 bits per heavy atom. The third kappa shape index (κ3) is 2.28. The van der Waals surface area contributed by atoms with Crippen LogP contribution in [-0.2, 0) is 6.42 Å². The molecule has 0 aliphatic heterocycles. The molecule has 1 aromatic heterocycles. The van der Waals surface area contributed by atoms with Crippen molar-refractivity contribution in [1.29, 1.82) is 0 Å². The van der Waals surface area contributed by atoms with Gasteiger partial charge in [-0.05, 0) is 18.2 Å². The summed E-state index contributed by atoms with van der Waals surface area (Å²) >= 11 is 3.26. The van der Waals surface area contributed by atoms with Crippen molar-refractivity contribution < 1.29 is 9.50 Å². The van der Waals surface area contributed by atoms with Crippen LogP contribution < -0.4 is 0 Å². The van der Waals surface area contributed by atoms with Gasteiger partial charge in [0.25, 0.3) is 0 Å². The van der Waals surface area contributed by atoms with Gasteiger partial charge in [-0.2, -0.15) is 0 Å². The first kappa shape index (κ1) is 11.2. The maximum atomic E-state index is 13.5. The van der Waals surface area contributed by atoms with E-state index in [1.807, 2.05) is 0 Å². The van der Waals surface area contributed by atoms with Crippen LogP contribution in [0.1, 0.15) is 5.69 Å². The van der Waals surface area contributed by atoms with E-state index in [-0.39, 0.29) is 12.4 Å². The molecular formula is C10H9BrFN3O. The van der Waals surface area contributed by atoms with Crippen molar-refractivity contribution in [3.8, 4) is 5.69 Å². The standard InChI is InChI=1S/C10H9BrFN3O/c11-7-1-2-9(12)10(5-7)15-6-8(3-4-16)13-14-15/h1-2,5-6,16H,3-4H2. The van der Waals surface area contributed by atoms with Crippen molar-refractivity contribution in [1.82, 2.24) is 15.0 Å². The van der Waals surface area contributed by atoms with Gasteiger partial charge in [0.05, 0.1) is 11.9 Å². The minimum Gasteiger partial charge on any atom is -0.396 e. The smallest absolute Gasteiger partial charge is 0.148 e. The topological polar surface area (TPSA) is 50.9 Å². The number of aliphatic hydroxyl groups is 1. The Kier molecular flexibility index (Phi) is 3.31. The highest BCUT2D eigenvalue weighted by atomic mass is 79.9. The lowest BCUT2D eigenvalue weighted by molar-refractivity contribution is 0.298. The lowest BCUT2D eigenvalue weighted by atomic mass is 10.3. The molecule has 1 N–H and O–H groups in total. The highest BCUT2D eigenvalue weighted by Crippen LogP contribution is 2.18. The molecule has 1 aromatic carbocycles. The molecule has 0 atom stereocenters. The molecule has 0 saturated heterocycles. The first-order valence-electron chi connectivity index (χ1n) is 4.68. The van der Waals surface area contributed by atoms with Gasteiger partial charge in [-0.3, -0.25) is 0 Å². The number of rotatable bonds is 3. The van der Waals surface area contributed by atoms with E-state index in [1.54, 1.807) is 18.3 Å². The maximum absolute atomic E-state index is 13.5. The molecule has 1 heterocycles. The predicted molar refractivity (Wildman–Crippen MR) is 59.8 cm³/mol. The summed E-state index contributed by atoms with van der Waals surface area (Å²) in [6.45, 7) is -0.000338. The van der Waals surface area contributed by atoms with Crippen molar-refractivity contribution in [2.75, 3.05) is 6.61 Å². The van der Waals surface area contributed by atoms with E-state index in [1.165, 1.54) is 10.7 Å². The van der Waals surface area contributed by atoms with E-state index in [0.29, 0.717) is 17.8 Å². The summed E-state index contributed by atoms with van der Waals surface area (Å²) in [6.07, 6.45) is 2.01. The van der Waals surface area contributed by atoms with Gasteiger partial charge in [-0.1, -0.05) is 21.1 Å². The fourth-order valence-corrected chi connectivity index (χ4v) is 1.66. The Balaban J connectivity index is 2.38. The fourth-order valence-electron chi connectivity index (χ4n) is 1.31. The predicted octanol–water partition coefficient (Wildman–Crippen LogP) is 1.70. The summed E-state index contributed by atoms with van der Waals surface area (Å²) < 4.78 is 15.6. The lowest BCUT2D eigenvalue weighted by Gasteiger charge is -2.01. The number of hydrogen-bond donors (Lipinski definition) is 1. The average molecular weight is 286 g/mol. The van der Waals surface area contributed by atoms with Crippen molar-refractivity contribution in [3.05, 3.63) is 40.4 Å². The summed E-state index contributed by atoms with van der Waals surface area (Å²) in [4.78, 5) is 0. The fraction of sp³-hybridized carbons (Fsp3) is 0.200. The second-order valence-electron chi connectivity index (χ2n) is 3.22. The third-order valence-corrected chi connectivity index (χ3v) is 2.56. The molecule has 6 heteroatoms. The van der Waals surface area contributed by atoms with Gasteiger partial charge in [0.1, 0.15) is 11.5 Å². The Hall–Kier alpha value is -1.27. The van der Waals surface area contributed by atoms with Gasteiger partial charge in [-0.25, -0.2) is 9.07 Å². The molecule has 84 valence electrons. The maximum Gasteiger partial charge on any atom is 0.148 e. The molecule has 4 nitrogen and oxygen atoms in total. The van der Waals surface area contributed by atoms with Crippen LogP contribution in [0.15, 0.2) is 28.9 Å². The number of hydrogen-bond acceptors (Lipinski definition) is 3. The molecule has 0 aliphatic rings. The van der Waals surface area contributed by atoms with E-state index in [2.05, 4.69) is 26.2 Å². The van der Waals surface area contributed by atoms with Crippen LogP contribution in [0.25, 0.3) is 5.69 Å². The van der Waals surface area contributed by atoms with Crippen LogP contribution in [0.4, 0.5) is 4.39 Å². The summed E-state index contributed by atoms with van der Waals surface area (Å²) in [5, 5.41) is 16.4. The largest absolute Gasteiger partial charge is 0.396 e. The molecule has 0 amide bonds. The van der Waals surface area contributed by atoms with Crippen molar-refractivity contribution >= 4 is 15.9 Å². The minimum absolute atomic E-state index is 0.000338. The van der Waals surface area contributed by atoms with E-state index in [0.717, 1.165) is 4.47 Å². The van der Waals surface area contributed by atoms with Crippen LogP contribution in [0.3, 0.4) is 0 Å². The lowest BCUT2D eigenvalue weighted by Crippen LogP contribution is -1.98. The van der Waals surface area contributed by atoms with Gasteiger partial charge < -0.3 is 5.11 Å². The van der Waals surface area contributed by atoms with E-state index in [4.69, 9.17) is 5.11 Å². The van der Waals surface area contributed by atoms with Gasteiger partial charge >= 0.3 is 0 Å². The quantitative estimate of drug-likeness (QED) is 0.934. The summed E-state index contributed by atoms with van der Waals surface area (Å²) in [6, 6.07) is 4.59. The van der Waals surface area contributed by atoms with Crippen LogP contribution in [0, 0.1) is 5.82 Å². The summed E-state index contributed by atoms with van der Waals surface area (Å²) in [7, 11) is 0. The van der Waals surface area contributed by atoms with Gasteiger partial charge in [0, 0.05) is 17.5 Å². The number of halogens is 2. The zero-order valence-electron chi connectivity index (χ0n) is 8.27. The van der Waals surface area contributed by atoms with Crippen molar-refractivity contribution in [2.24, 2.45) is 0 Å². The summed E-state index contributed by atoms with van der Waals surface area (Å²) in [5.74, 6) is -0.372. The molecule has 0 fully saturated rings. The van der Waals surface area contributed by atoms with Gasteiger partial charge in [0.2, 0.25) is 0 Å². The zero-order valence-corrected chi connectivity index (χ0v) is 9.85. The normalized spacial score (nSPS) is 10.7. The molecule has 0 aliphatic carbocycles. The van der Waals surface area contributed by atoms with Crippen molar-refractivity contribution in [3.63, 3.8) is 0 Å². The molecule has 0 saturated carbocycles. The van der Waals surface area contributed by atoms with Crippen LogP contribution in [-0.4, -0.2) is 26.7 Å².